The highest BCUT2D eigenvalue weighted by molar-refractivity contribution is 7.84. The average Bonchev–Trinajstić information content (AvgIpc) is 3.34. The van der Waals surface area contributed by atoms with E-state index in [-0.39, 0.29) is 18.6 Å². The lowest BCUT2D eigenvalue weighted by molar-refractivity contribution is -0.183. The maximum Gasteiger partial charge on any atom is 0.240 e. The van der Waals surface area contributed by atoms with Gasteiger partial charge in [-0.05, 0) is 84.2 Å². The number of amides is 1. The monoisotopic (exact) mass is 566 g/mol. The number of rotatable bonds is 7. The van der Waals surface area contributed by atoms with Gasteiger partial charge in [-0.3, -0.25) is 13.8 Å². The summed E-state index contributed by atoms with van der Waals surface area (Å²) in [6.45, 7) is 8.78. The molecule has 1 spiro atoms. The topological polar surface area (TPSA) is 99.1 Å². The van der Waals surface area contributed by atoms with Crippen LogP contribution in [0.3, 0.4) is 0 Å². The number of aliphatic hydroxyl groups excluding tert-OH is 1. The zero-order chi connectivity index (χ0) is 28.6. The molecule has 4 aliphatic carbocycles. The van der Waals surface area contributed by atoms with E-state index in [4.69, 9.17) is 4.84 Å². The molecule has 2 unspecified atom stereocenters. The predicted octanol–water partition coefficient (Wildman–Crippen LogP) is 3.90. The molecule has 40 heavy (non-hydrogen) atoms. The number of nitrogens with zero attached hydrogens (tertiary/aromatic N) is 1. The lowest BCUT2D eigenvalue weighted by atomic mass is 9.45. The van der Waals surface area contributed by atoms with E-state index in [1.165, 1.54) is 6.42 Å². The Morgan fingerprint density at radius 3 is 2.40 bits per heavy atom. The molecule has 4 saturated carbocycles. The number of carbonyl (C=O) groups excluding carboxylic acids is 1. The molecule has 3 N–H and O–H groups in total. The Bertz CT molecular complexity index is 1330. The van der Waals surface area contributed by atoms with Crippen molar-refractivity contribution in [1.29, 1.82) is 0 Å². The maximum atomic E-state index is 14.1. The highest BCUT2D eigenvalue weighted by Crippen LogP contribution is 2.66. The molecule has 216 valence electrons. The molecule has 0 radical (unpaired) electrons. The molecule has 1 saturated heterocycles. The van der Waals surface area contributed by atoms with Crippen molar-refractivity contribution < 1.29 is 24.1 Å². The average molecular weight is 567 g/mol. The molecule has 1 heterocycles. The van der Waals surface area contributed by atoms with Gasteiger partial charge in [-0.2, -0.15) is 5.06 Å². The fourth-order valence-electron chi connectivity index (χ4n) is 8.29. The quantitative estimate of drug-likeness (QED) is 0.470. The molecule has 1 amide bonds. The van der Waals surface area contributed by atoms with Gasteiger partial charge in [-0.25, -0.2) is 0 Å². The van der Waals surface area contributed by atoms with Crippen molar-refractivity contribution in [3.8, 4) is 11.1 Å². The second-order valence-electron chi connectivity index (χ2n) is 13.5. The third kappa shape index (κ3) is 4.29. The Labute approximate surface area is 239 Å². The normalized spacial score (nSPS) is 38.6. The van der Waals surface area contributed by atoms with Crippen LogP contribution in [0.1, 0.15) is 52.5 Å². The van der Waals surface area contributed by atoms with Gasteiger partial charge >= 0.3 is 0 Å². The summed E-state index contributed by atoms with van der Waals surface area (Å²) in [6, 6.07) is 15.2. The van der Waals surface area contributed by atoms with E-state index in [9.17, 15) is 19.2 Å². The molecule has 7 rings (SSSR count). The van der Waals surface area contributed by atoms with Gasteiger partial charge in [-0.15, -0.1) is 0 Å². The number of hydrogen-bond acceptors (Lipinski definition) is 6. The number of nitrogens with one attached hydrogen (secondary N) is 1. The van der Waals surface area contributed by atoms with Gasteiger partial charge in [0.05, 0.1) is 24.2 Å². The largest absolute Gasteiger partial charge is 0.394 e. The fourth-order valence-corrected chi connectivity index (χ4v) is 8.81. The van der Waals surface area contributed by atoms with Crippen LogP contribution in [0.4, 0.5) is 0 Å². The van der Waals surface area contributed by atoms with Crippen molar-refractivity contribution in [3.05, 3.63) is 54.1 Å². The number of aliphatic hydroxyl groups is 2. The highest BCUT2D eigenvalue weighted by Gasteiger charge is 2.78. The van der Waals surface area contributed by atoms with E-state index >= 15 is 0 Å². The van der Waals surface area contributed by atoms with Gasteiger partial charge in [0.1, 0.15) is 12.1 Å². The van der Waals surface area contributed by atoms with Crippen LogP contribution in [0, 0.1) is 28.6 Å². The molecular formula is C32H42N2O5S. The van der Waals surface area contributed by atoms with E-state index in [2.05, 4.69) is 32.2 Å². The number of carbonyl (C=O) groups is 1. The fraction of sp³-hybridized carbons (Fsp3) is 0.594. The Morgan fingerprint density at radius 2 is 1.82 bits per heavy atom. The molecule has 2 aromatic rings. The number of fused-ring (bicyclic) bond motifs is 2. The van der Waals surface area contributed by atoms with E-state index in [0.29, 0.717) is 36.1 Å². The molecule has 5 aliphatic rings. The van der Waals surface area contributed by atoms with E-state index in [1.807, 2.05) is 42.5 Å². The Kier molecular flexibility index (Phi) is 6.82. The zero-order valence-corrected chi connectivity index (χ0v) is 24.9. The lowest BCUT2D eigenvalue weighted by Gasteiger charge is -2.62. The standard InChI is InChI=1S/C32H42N2O5S/c1-19-25-14-23(30(25,2)3)15-26(19)33-29(36)28-32(18-31(32,4)37)27(17-35)39-34(28)16-20-7-6-8-22(13-20)21-9-11-24(12-10-21)40(5)38/h6-13,19,23,25-28,35,37H,14-18H2,1-5H3,(H,33,36)/t19-,23+,25-,26-,27-,28+,31?,32+,40?/m0/s1. The summed E-state index contributed by atoms with van der Waals surface area (Å²) in [7, 11) is -1.03. The van der Waals surface area contributed by atoms with Crippen LogP contribution >= 0.6 is 0 Å². The van der Waals surface area contributed by atoms with Gasteiger partial charge in [0.25, 0.3) is 0 Å². The number of benzene rings is 2. The van der Waals surface area contributed by atoms with Crippen molar-refractivity contribution in [3.63, 3.8) is 0 Å². The number of hydrogen-bond donors (Lipinski definition) is 3. The summed E-state index contributed by atoms with van der Waals surface area (Å²) in [5.41, 5.74) is 1.36. The summed E-state index contributed by atoms with van der Waals surface area (Å²) in [5, 5.41) is 26.5. The molecule has 8 heteroatoms. The predicted molar refractivity (Wildman–Crippen MR) is 154 cm³/mol. The van der Waals surface area contributed by atoms with Crippen LogP contribution in [0.5, 0.6) is 0 Å². The summed E-state index contributed by atoms with van der Waals surface area (Å²) < 4.78 is 11.8. The molecular weight excluding hydrogens is 524 g/mol. The van der Waals surface area contributed by atoms with Gasteiger partial charge < -0.3 is 15.5 Å². The smallest absolute Gasteiger partial charge is 0.240 e. The molecule has 5 fully saturated rings. The van der Waals surface area contributed by atoms with Crippen LogP contribution in [0.2, 0.25) is 0 Å². The lowest BCUT2D eigenvalue weighted by Crippen LogP contribution is -2.62. The number of hydroxylamine groups is 2. The van der Waals surface area contributed by atoms with Crippen molar-refractivity contribution in [1.82, 2.24) is 10.4 Å². The summed E-state index contributed by atoms with van der Waals surface area (Å²) in [4.78, 5) is 21.1. The third-order valence-corrected chi connectivity index (χ3v) is 11.9. The summed E-state index contributed by atoms with van der Waals surface area (Å²) in [5.74, 6) is 1.48. The molecule has 2 aromatic carbocycles. The van der Waals surface area contributed by atoms with Crippen molar-refractivity contribution >= 4 is 16.7 Å². The van der Waals surface area contributed by atoms with E-state index in [0.717, 1.165) is 28.0 Å². The summed E-state index contributed by atoms with van der Waals surface area (Å²) in [6.07, 6.45) is 3.63. The SMILES string of the molecule is C[C@@H]1[C@@H](NC(=O)[C@H]2N(Cc3cccc(-c4ccc(S(C)=O)cc4)c3)O[C@@H](CO)[C@]23CC3(C)O)C[C@H]2C[C@@H]1C2(C)C. The Hall–Kier alpha value is -2.10. The zero-order valence-electron chi connectivity index (χ0n) is 24.1. The van der Waals surface area contributed by atoms with Crippen LogP contribution in [0.25, 0.3) is 11.1 Å². The molecule has 1 aliphatic heterocycles. The minimum atomic E-state index is -1.09. The van der Waals surface area contributed by atoms with Crippen molar-refractivity contribution in [2.24, 2.45) is 28.6 Å². The van der Waals surface area contributed by atoms with Crippen LogP contribution in [-0.4, -0.2) is 62.0 Å². The third-order valence-electron chi connectivity index (χ3n) is 11.0. The van der Waals surface area contributed by atoms with Gasteiger partial charge in [0, 0.05) is 28.0 Å². The minimum Gasteiger partial charge on any atom is -0.394 e. The minimum absolute atomic E-state index is 0.101. The van der Waals surface area contributed by atoms with Crippen LogP contribution in [-0.2, 0) is 27.0 Å². The Morgan fingerprint density at radius 1 is 1.12 bits per heavy atom. The first-order valence-electron chi connectivity index (χ1n) is 14.5. The first-order valence-corrected chi connectivity index (χ1v) is 16.0. The Balaban J connectivity index is 1.25. The first kappa shape index (κ1) is 28.0. The van der Waals surface area contributed by atoms with Gasteiger partial charge in [0.15, 0.2) is 0 Å². The van der Waals surface area contributed by atoms with Gasteiger partial charge in [0.2, 0.25) is 5.91 Å². The van der Waals surface area contributed by atoms with E-state index < -0.39 is 34.0 Å². The second kappa shape index (κ2) is 9.73. The van der Waals surface area contributed by atoms with Crippen LogP contribution in [0.15, 0.2) is 53.4 Å². The molecule has 7 nitrogen and oxygen atoms in total. The van der Waals surface area contributed by atoms with Gasteiger partial charge in [-0.1, -0.05) is 51.1 Å². The molecule has 9 atom stereocenters. The first-order chi connectivity index (χ1) is 18.9. The van der Waals surface area contributed by atoms with Crippen LogP contribution < -0.4 is 5.32 Å². The van der Waals surface area contributed by atoms with Crippen molar-refractivity contribution in [2.75, 3.05) is 12.9 Å². The maximum absolute atomic E-state index is 14.1. The molecule has 2 bridgehead atoms. The van der Waals surface area contributed by atoms with Crippen molar-refractivity contribution in [2.45, 2.75) is 82.2 Å². The second-order valence-corrected chi connectivity index (χ2v) is 14.9. The molecule has 0 aromatic heterocycles. The summed E-state index contributed by atoms with van der Waals surface area (Å²) >= 11 is 0. The van der Waals surface area contributed by atoms with E-state index in [1.54, 1.807) is 18.2 Å². The highest BCUT2D eigenvalue weighted by atomic mass is 32.2.